The molecule has 0 spiro atoms. The standard InChI is InChI=1S/C19H18FN3O5/c1-2-19(13-6-8-14(20)9-7-13)17(24)22(18(25)21-19)10-11-28-16-5-3-4-15(12-16)23(26)27/h3-9,12H,2,10-11H2,1H3,(H,21,25). The summed E-state index contributed by atoms with van der Waals surface area (Å²) in [7, 11) is 0. The molecule has 1 atom stereocenters. The first-order chi connectivity index (χ1) is 13.4. The van der Waals surface area contributed by atoms with Gasteiger partial charge in [-0.1, -0.05) is 25.1 Å². The van der Waals surface area contributed by atoms with Gasteiger partial charge in [-0.25, -0.2) is 9.18 Å². The molecule has 146 valence electrons. The van der Waals surface area contributed by atoms with E-state index in [0.29, 0.717) is 12.0 Å². The second-order valence-electron chi connectivity index (χ2n) is 6.26. The van der Waals surface area contributed by atoms with E-state index in [1.54, 1.807) is 13.0 Å². The summed E-state index contributed by atoms with van der Waals surface area (Å²) in [6, 6.07) is 10.5. The highest BCUT2D eigenvalue weighted by Gasteiger charge is 2.51. The zero-order chi connectivity index (χ0) is 20.3. The van der Waals surface area contributed by atoms with E-state index in [0.717, 1.165) is 4.90 Å². The number of nitro benzene ring substituents is 1. The van der Waals surface area contributed by atoms with E-state index < -0.39 is 28.2 Å². The molecule has 3 amide bonds. The monoisotopic (exact) mass is 387 g/mol. The number of nitro groups is 1. The molecule has 3 rings (SSSR count). The van der Waals surface area contributed by atoms with E-state index in [-0.39, 0.29) is 24.6 Å². The van der Waals surface area contributed by atoms with Crippen molar-refractivity contribution >= 4 is 17.6 Å². The quantitative estimate of drug-likeness (QED) is 0.447. The molecule has 1 aliphatic rings. The highest BCUT2D eigenvalue weighted by atomic mass is 19.1. The summed E-state index contributed by atoms with van der Waals surface area (Å²) >= 11 is 0. The van der Waals surface area contributed by atoms with Crippen LogP contribution < -0.4 is 10.1 Å². The maximum absolute atomic E-state index is 13.2. The van der Waals surface area contributed by atoms with Gasteiger partial charge in [0.05, 0.1) is 17.5 Å². The van der Waals surface area contributed by atoms with E-state index in [1.165, 1.54) is 42.5 Å². The van der Waals surface area contributed by atoms with Gasteiger partial charge in [-0.15, -0.1) is 0 Å². The Hall–Kier alpha value is -3.49. The lowest BCUT2D eigenvalue weighted by molar-refractivity contribution is -0.384. The highest BCUT2D eigenvalue weighted by Crippen LogP contribution is 2.32. The topological polar surface area (TPSA) is 102 Å². The molecule has 0 aromatic heterocycles. The van der Waals surface area contributed by atoms with Gasteiger partial charge in [-0.2, -0.15) is 0 Å². The van der Waals surface area contributed by atoms with Crippen LogP contribution in [0.15, 0.2) is 48.5 Å². The van der Waals surface area contributed by atoms with E-state index in [1.807, 2.05) is 0 Å². The summed E-state index contributed by atoms with van der Waals surface area (Å²) in [5, 5.41) is 13.5. The third kappa shape index (κ3) is 3.51. The Morgan fingerprint density at radius 1 is 1.21 bits per heavy atom. The summed E-state index contributed by atoms with van der Waals surface area (Å²) < 4.78 is 18.7. The number of hydrogen-bond acceptors (Lipinski definition) is 5. The van der Waals surface area contributed by atoms with Gasteiger partial charge in [-0.3, -0.25) is 19.8 Å². The molecule has 0 radical (unpaired) electrons. The Morgan fingerprint density at radius 3 is 2.57 bits per heavy atom. The maximum atomic E-state index is 13.2. The molecule has 2 aromatic carbocycles. The van der Waals surface area contributed by atoms with Crippen molar-refractivity contribution in [2.24, 2.45) is 0 Å². The molecule has 1 unspecified atom stereocenters. The van der Waals surface area contributed by atoms with Crippen molar-refractivity contribution in [3.8, 4) is 5.75 Å². The van der Waals surface area contributed by atoms with Crippen molar-refractivity contribution in [2.75, 3.05) is 13.2 Å². The highest BCUT2D eigenvalue weighted by molar-refractivity contribution is 6.07. The number of carbonyl (C=O) groups is 2. The van der Waals surface area contributed by atoms with Gasteiger partial charge in [0.1, 0.15) is 23.7 Å². The summed E-state index contributed by atoms with van der Waals surface area (Å²) in [6.45, 7) is 1.70. The SMILES string of the molecule is CCC1(c2ccc(F)cc2)NC(=O)N(CCOc2cccc([N+](=O)[O-])c2)C1=O. The lowest BCUT2D eigenvalue weighted by Gasteiger charge is -2.25. The first kappa shape index (κ1) is 19.3. The van der Waals surface area contributed by atoms with Crippen LogP contribution in [0, 0.1) is 15.9 Å². The minimum atomic E-state index is -1.25. The van der Waals surface area contributed by atoms with Crippen molar-refractivity contribution in [3.05, 3.63) is 70.0 Å². The Labute approximate surface area is 160 Å². The fourth-order valence-electron chi connectivity index (χ4n) is 3.14. The first-order valence-electron chi connectivity index (χ1n) is 8.65. The van der Waals surface area contributed by atoms with Crippen LogP contribution in [0.1, 0.15) is 18.9 Å². The molecule has 0 bridgehead atoms. The van der Waals surface area contributed by atoms with Crippen LogP contribution >= 0.6 is 0 Å². The van der Waals surface area contributed by atoms with Crippen molar-refractivity contribution < 1.29 is 23.6 Å². The number of halogens is 1. The average Bonchev–Trinajstić information content (AvgIpc) is 2.94. The maximum Gasteiger partial charge on any atom is 0.325 e. The van der Waals surface area contributed by atoms with Crippen molar-refractivity contribution in [1.82, 2.24) is 10.2 Å². The molecule has 1 aliphatic heterocycles. The number of benzene rings is 2. The van der Waals surface area contributed by atoms with Crippen molar-refractivity contribution in [2.45, 2.75) is 18.9 Å². The zero-order valence-electron chi connectivity index (χ0n) is 15.1. The Balaban J connectivity index is 1.70. The molecule has 0 aliphatic carbocycles. The molecular formula is C19H18FN3O5. The Bertz CT molecular complexity index is 918. The number of carbonyl (C=O) groups excluding carboxylic acids is 2. The Kier molecular flexibility index (Phi) is 5.25. The molecule has 1 N–H and O–H groups in total. The number of hydrogen-bond donors (Lipinski definition) is 1. The number of imide groups is 1. The van der Waals surface area contributed by atoms with Crippen molar-refractivity contribution in [3.63, 3.8) is 0 Å². The number of urea groups is 1. The van der Waals surface area contributed by atoms with Crippen LogP contribution in [0.5, 0.6) is 5.75 Å². The molecule has 9 heteroatoms. The molecular weight excluding hydrogens is 369 g/mol. The molecule has 1 fully saturated rings. The summed E-state index contributed by atoms with van der Waals surface area (Å²) in [5.74, 6) is -0.621. The van der Waals surface area contributed by atoms with Crippen LogP contribution in [-0.4, -0.2) is 34.9 Å². The van der Waals surface area contributed by atoms with E-state index >= 15 is 0 Å². The minimum Gasteiger partial charge on any atom is -0.491 e. The van der Waals surface area contributed by atoms with Crippen molar-refractivity contribution in [1.29, 1.82) is 0 Å². The smallest absolute Gasteiger partial charge is 0.325 e. The summed E-state index contributed by atoms with van der Waals surface area (Å²) in [5.41, 5.74) is -0.873. The van der Waals surface area contributed by atoms with E-state index in [4.69, 9.17) is 4.74 Å². The van der Waals surface area contributed by atoms with Crippen LogP contribution in [0.25, 0.3) is 0 Å². The third-order valence-electron chi connectivity index (χ3n) is 4.66. The fourth-order valence-corrected chi connectivity index (χ4v) is 3.14. The second kappa shape index (κ2) is 7.63. The van der Waals surface area contributed by atoms with Gasteiger partial charge in [0.25, 0.3) is 11.6 Å². The minimum absolute atomic E-state index is 0.0243. The largest absolute Gasteiger partial charge is 0.491 e. The second-order valence-corrected chi connectivity index (χ2v) is 6.26. The number of amides is 3. The molecule has 1 saturated heterocycles. The summed E-state index contributed by atoms with van der Waals surface area (Å²) in [6.07, 6.45) is 0.297. The van der Waals surface area contributed by atoms with Crippen LogP contribution in [0.2, 0.25) is 0 Å². The van der Waals surface area contributed by atoms with Crippen LogP contribution in [0.4, 0.5) is 14.9 Å². The fraction of sp³-hybridized carbons (Fsp3) is 0.263. The molecule has 28 heavy (non-hydrogen) atoms. The lowest BCUT2D eigenvalue weighted by Crippen LogP contribution is -2.43. The van der Waals surface area contributed by atoms with Crippen LogP contribution in [0.3, 0.4) is 0 Å². The average molecular weight is 387 g/mol. The molecule has 0 saturated carbocycles. The number of non-ortho nitro benzene ring substituents is 1. The molecule has 8 nitrogen and oxygen atoms in total. The number of nitrogens with one attached hydrogen (secondary N) is 1. The zero-order valence-corrected chi connectivity index (χ0v) is 15.1. The number of ether oxygens (including phenoxy) is 1. The van der Waals surface area contributed by atoms with Crippen LogP contribution in [-0.2, 0) is 10.3 Å². The third-order valence-corrected chi connectivity index (χ3v) is 4.66. The lowest BCUT2D eigenvalue weighted by atomic mass is 9.87. The molecule has 1 heterocycles. The van der Waals surface area contributed by atoms with Gasteiger partial charge in [0.15, 0.2) is 0 Å². The molecule has 2 aromatic rings. The number of nitrogens with zero attached hydrogens (tertiary/aromatic N) is 2. The predicted octanol–water partition coefficient (Wildman–Crippen LogP) is 2.97. The normalized spacial score (nSPS) is 18.9. The van der Waals surface area contributed by atoms with Gasteiger partial charge in [-0.05, 0) is 30.2 Å². The first-order valence-corrected chi connectivity index (χ1v) is 8.65. The van der Waals surface area contributed by atoms with Gasteiger partial charge in [0.2, 0.25) is 0 Å². The van der Waals surface area contributed by atoms with Gasteiger partial charge >= 0.3 is 6.03 Å². The van der Waals surface area contributed by atoms with E-state index in [2.05, 4.69) is 5.32 Å². The summed E-state index contributed by atoms with van der Waals surface area (Å²) in [4.78, 5) is 36.6. The Morgan fingerprint density at radius 2 is 1.93 bits per heavy atom. The predicted molar refractivity (Wildman–Crippen MR) is 97.2 cm³/mol. The van der Waals surface area contributed by atoms with Gasteiger partial charge < -0.3 is 10.1 Å². The van der Waals surface area contributed by atoms with E-state index in [9.17, 15) is 24.1 Å². The number of rotatable bonds is 7. The van der Waals surface area contributed by atoms with Gasteiger partial charge in [0, 0.05) is 6.07 Å².